The molecule has 0 unspecified atom stereocenters. The predicted octanol–water partition coefficient (Wildman–Crippen LogP) is 4.43. The molecule has 0 aliphatic carbocycles. The summed E-state index contributed by atoms with van der Waals surface area (Å²) >= 11 is 0. The van der Waals surface area contributed by atoms with Gasteiger partial charge in [-0.25, -0.2) is 4.79 Å². The molecule has 0 spiro atoms. The molecule has 1 aliphatic rings. The van der Waals surface area contributed by atoms with Crippen molar-refractivity contribution in [3.63, 3.8) is 0 Å². The van der Waals surface area contributed by atoms with Crippen LogP contribution >= 0.6 is 0 Å². The van der Waals surface area contributed by atoms with Crippen LogP contribution in [0, 0.1) is 6.92 Å². The third kappa shape index (κ3) is 3.40. The van der Waals surface area contributed by atoms with Crippen LogP contribution < -0.4 is 14.2 Å². The van der Waals surface area contributed by atoms with Gasteiger partial charge in [0.05, 0.1) is 18.2 Å². The van der Waals surface area contributed by atoms with Crippen molar-refractivity contribution in [2.75, 3.05) is 7.11 Å². The highest BCUT2D eigenvalue weighted by molar-refractivity contribution is 6.14. The van der Waals surface area contributed by atoms with Gasteiger partial charge in [0.2, 0.25) is 5.78 Å². The van der Waals surface area contributed by atoms with E-state index in [2.05, 4.69) is 0 Å². The maximum atomic E-state index is 12.5. The van der Waals surface area contributed by atoms with Gasteiger partial charge >= 0.3 is 5.97 Å². The molecule has 0 N–H and O–H groups in total. The van der Waals surface area contributed by atoms with Crippen LogP contribution in [-0.4, -0.2) is 18.9 Å². The van der Waals surface area contributed by atoms with Gasteiger partial charge in [-0.1, -0.05) is 0 Å². The Labute approximate surface area is 160 Å². The van der Waals surface area contributed by atoms with Gasteiger partial charge in [-0.3, -0.25) is 4.79 Å². The van der Waals surface area contributed by atoms with Crippen molar-refractivity contribution in [2.45, 2.75) is 6.92 Å². The zero-order valence-electron chi connectivity index (χ0n) is 15.2. The quantitative estimate of drug-likeness (QED) is 0.381. The topological polar surface area (TPSA) is 75.0 Å². The second-order valence-electron chi connectivity index (χ2n) is 6.16. The summed E-state index contributed by atoms with van der Waals surface area (Å²) in [4.78, 5) is 24.8. The fourth-order valence-corrected chi connectivity index (χ4v) is 2.78. The first kappa shape index (κ1) is 17.6. The lowest BCUT2D eigenvalue weighted by Gasteiger charge is -2.06. The molecule has 0 fully saturated rings. The third-order valence-electron chi connectivity index (χ3n) is 4.21. The number of furan rings is 1. The average Bonchev–Trinajstić information content (AvgIpc) is 3.25. The Kier molecular flexibility index (Phi) is 4.45. The Morgan fingerprint density at radius 1 is 1.00 bits per heavy atom. The molecule has 2 aromatic carbocycles. The maximum absolute atomic E-state index is 12.5. The number of ether oxygens (including phenoxy) is 3. The lowest BCUT2D eigenvalue weighted by atomic mass is 10.1. The van der Waals surface area contributed by atoms with Gasteiger partial charge in [0.1, 0.15) is 28.8 Å². The zero-order valence-corrected chi connectivity index (χ0v) is 15.2. The number of carbonyl (C=O) groups excluding carboxylic acids is 2. The fraction of sp³-hybridized carbons (Fsp3) is 0.0909. The number of Topliss-reactive ketones (excluding diaryl/α,β-unsaturated/α-hetero) is 1. The molecule has 1 aromatic heterocycles. The molecule has 4 rings (SSSR count). The molecule has 0 saturated heterocycles. The minimum absolute atomic E-state index is 0.156. The lowest BCUT2D eigenvalue weighted by molar-refractivity contribution is 0.0734. The summed E-state index contributed by atoms with van der Waals surface area (Å²) in [5, 5.41) is 0. The van der Waals surface area contributed by atoms with E-state index in [1.807, 2.05) is 6.92 Å². The van der Waals surface area contributed by atoms with E-state index in [4.69, 9.17) is 18.6 Å². The van der Waals surface area contributed by atoms with Crippen LogP contribution in [0.5, 0.6) is 17.2 Å². The summed E-state index contributed by atoms with van der Waals surface area (Å²) in [6, 6.07) is 14.8. The monoisotopic (exact) mass is 376 g/mol. The third-order valence-corrected chi connectivity index (χ3v) is 4.21. The minimum atomic E-state index is -0.520. The number of esters is 1. The molecule has 0 bridgehead atoms. The molecule has 28 heavy (non-hydrogen) atoms. The van der Waals surface area contributed by atoms with Gasteiger partial charge in [0.15, 0.2) is 5.76 Å². The maximum Gasteiger partial charge on any atom is 0.343 e. The fourth-order valence-electron chi connectivity index (χ4n) is 2.78. The van der Waals surface area contributed by atoms with Crippen LogP contribution in [-0.2, 0) is 0 Å². The Balaban J connectivity index is 1.52. The Hall–Kier alpha value is -3.80. The minimum Gasteiger partial charge on any atom is -0.497 e. The van der Waals surface area contributed by atoms with Crippen molar-refractivity contribution >= 4 is 17.8 Å². The summed E-state index contributed by atoms with van der Waals surface area (Å²) in [6.07, 6.45) is 1.54. The van der Waals surface area contributed by atoms with Gasteiger partial charge in [-0.15, -0.1) is 0 Å². The number of ketones is 1. The first-order valence-corrected chi connectivity index (χ1v) is 8.54. The normalized spacial score (nSPS) is 13.9. The number of aryl methyl sites for hydroxylation is 1. The SMILES string of the molecule is COc1ccc(C(=O)Oc2ccc3c(c2)O/C(=C/c2ccc(C)o2)C3=O)cc1. The van der Waals surface area contributed by atoms with E-state index in [0.29, 0.717) is 28.4 Å². The predicted molar refractivity (Wildman–Crippen MR) is 101 cm³/mol. The van der Waals surface area contributed by atoms with Crippen LogP contribution in [0.4, 0.5) is 0 Å². The number of benzene rings is 2. The van der Waals surface area contributed by atoms with Gasteiger partial charge < -0.3 is 18.6 Å². The number of hydrogen-bond donors (Lipinski definition) is 0. The Morgan fingerprint density at radius 2 is 1.75 bits per heavy atom. The van der Waals surface area contributed by atoms with Crippen molar-refractivity contribution in [3.8, 4) is 17.2 Å². The number of allylic oxidation sites excluding steroid dienone is 1. The van der Waals surface area contributed by atoms with Crippen LogP contribution in [0.25, 0.3) is 6.08 Å². The molecule has 3 aromatic rings. The molecule has 0 amide bonds. The molecule has 0 saturated carbocycles. The molecular weight excluding hydrogens is 360 g/mol. The lowest BCUT2D eigenvalue weighted by Crippen LogP contribution is -2.08. The summed E-state index contributed by atoms with van der Waals surface area (Å²) in [6.45, 7) is 1.82. The van der Waals surface area contributed by atoms with Gasteiger partial charge in [0, 0.05) is 12.1 Å². The number of methoxy groups -OCH3 is 1. The van der Waals surface area contributed by atoms with E-state index in [9.17, 15) is 9.59 Å². The zero-order chi connectivity index (χ0) is 19.7. The smallest absolute Gasteiger partial charge is 0.343 e. The van der Waals surface area contributed by atoms with Crippen molar-refractivity contribution in [3.05, 3.63) is 83.0 Å². The van der Waals surface area contributed by atoms with Gasteiger partial charge in [0.25, 0.3) is 0 Å². The van der Waals surface area contributed by atoms with E-state index >= 15 is 0 Å². The van der Waals surface area contributed by atoms with Crippen LogP contribution in [0.2, 0.25) is 0 Å². The number of fused-ring (bicyclic) bond motifs is 1. The molecule has 0 atom stereocenters. The van der Waals surface area contributed by atoms with E-state index in [0.717, 1.165) is 5.76 Å². The Morgan fingerprint density at radius 3 is 2.43 bits per heavy atom. The number of carbonyl (C=O) groups is 2. The van der Waals surface area contributed by atoms with Gasteiger partial charge in [-0.2, -0.15) is 0 Å². The standard InChI is InChI=1S/C22H16O6/c1-13-3-6-16(26-13)12-20-21(23)18-10-9-17(11-19(18)28-20)27-22(24)14-4-7-15(25-2)8-5-14/h3-12H,1-2H3/b20-12+. The van der Waals surface area contributed by atoms with Crippen molar-refractivity contribution in [1.82, 2.24) is 0 Å². The molecule has 140 valence electrons. The Bertz CT molecular complexity index is 1090. The molecule has 0 radical (unpaired) electrons. The summed E-state index contributed by atoms with van der Waals surface area (Å²) in [5.41, 5.74) is 0.783. The van der Waals surface area contributed by atoms with Crippen LogP contribution in [0.1, 0.15) is 32.2 Å². The van der Waals surface area contributed by atoms with Crippen molar-refractivity contribution in [2.24, 2.45) is 0 Å². The highest BCUT2D eigenvalue weighted by Crippen LogP contribution is 2.35. The van der Waals surface area contributed by atoms with Crippen LogP contribution in [0.15, 0.2) is 64.8 Å². The summed E-state index contributed by atoms with van der Waals surface area (Å²) < 4.78 is 21.5. The molecule has 2 heterocycles. The second kappa shape index (κ2) is 7.08. The number of hydrogen-bond acceptors (Lipinski definition) is 6. The van der Waals surface area contributed by atoms with Crippen molar-refractivity contribution < 1.29 is 28.2 Å². The second-order valence-corrected chi connectivity index (χ2v) is 6.16. The average molecular weight is 376 g/mol. The van der Waals surface area contributed by atoms with Crippen molar-refractivity contribution in [1.29, 1.82) is 0 Å². The first-order chi connectivity index (χ1) is 13.5. The first-order valence-electron chi connectivity index (χ1n) is 8.54. The molecule has 6 heteroatoms. The van der Waals surface area contributed by atoms with E-state index in [-0.39, 0.29) is 17.3 Å². The summed E-state index contributed by atoms with van der Waals surface area (Å²) in [5.74, 6) is 1.91. The van der Waals surface area contributed by atoms with Crippen LogP contribution in [0.3, 0.4) is 0 Å². The largest absolute Gasteiger partial charge is 0.497 e. The highest BCUT2D eigenvalue weighted by atomic mass is 16.5. The molecule has 6 nitrogen and oxygen atoms in total. The number of rotatable bonds is 4. The van der Waals surface area contributed by atoms with Gasteiger partial charge in [-0.05, 0) is 55.5 Å². The molecular formula is C22H16O6. The van der Waals surface area contributed by atoms with E-state index in [1.54, 1.807) is 61.7 Å². The highest BCUT2D eigenvalue weighted by Gasteiger charge is 2.28. The van der Waals surface area contributed by atoms with E-state index in [1.165, 1.54) is 6.07 Å². The van der Waals surface area contributed by atoms with E-state index < -0.39 is 5.97 Å². The molecule has 1 aliphatic heterocycles. The summed E-state index contributed by atoms with van der Waals surface area (Å²) in [7, 11) is 1.55.